The molecule has 3 N–H and O–H groups in total. The summed E-state index contributed by atoms with van der Waals surface area (Å²) in [4.78, 5) is 6.01. The Morgan fingerprint density at radius 1 is 1.64 bits per heavy atom. The minimum absolute atomic E-state index is 0.163. The SMILES string of the molecule is N=C(N)N1CCCC1c1cccnc1. The van der Waals surface area contributed by atoms with Crippen molar-refractivity contribution in [2.45, 2.75) is 18.9 Å². The van der Waals surface area contributed by atoms with Crippen LogP contribution in [-0.4, -0.2) is 22.4 Å². The van der Waals surface area contributed by atoms with Crippen molar-refractivity contribution in [2.24, 2.45) is 5.73 Å². The van der Waals surface area contributed by atoms with E-state index in [1.54, 1.807) is 6.20 Å². The maximum atomic E-state index is 7.45. The van der Waals surface area contributed by atoms with E-state index >= 15 is 0 Å². The number of hydrogen-bond donors (Lipinski definition) is 2. The molecule has 0 spiro atoms. The number of nitrogens with zero attached hydrogens (tertiary/aromatic N) is 2. The van der Waals surface area contributed by atoms with Gasteiger partial charge in [-0.3, -0.25) is 10.4 Å². The number of guanidine groups is 1. The van der Waals surface area contributed by atoms with Crippen LogP contribution < -0.4 is 5.73 Å². The van der Waals surface area contributed by atoms with Gasteiger partial charge >= 0.3 is 0 Å². The highest BCUT2D eigenvalue weighted by Gasteiger charge is 2.26. The third-order valence-corrected chi connectivity index (χ3v) is 2.63. The highest BCUT2D eigenvalue weighted by atomic mass is 15.3. The first-order valence-electron chi connectivity index (χ1n) is 4.79. The van der Waals surface area contributed by atoms with E-state index in [9.17, 15) is 0 Å². The zero-order valence-corrected chi connectivity index (χ0v) is 7.98. The van der Waals surface area contributed by atoms with E-state index in [4.69, 9.17) is 11.1 Å². The van der Waals surface area contributed by atoms with Gasteiger partial charge in [-0.25, -0.2) is 0 Å². The van der Waals surface area contributed by atoms with Gasteiger partial charge in [0.05, 0.1) is 6.04 Å². The fourth-order valence-electron chi connectivity index (χ4n) is 1.97. The first-order valence-corrected chi connectivity index (χ1v) is 4.79. The van der Waals surface area contributed by atoms with Crippen molar-refractivity contribution in [3.05, 3.63) is 30.1 Å². The van der Waals surface area contributed by atoms with Gasteiger partial charge in [0.15, 0.2) is 5.96 Å². The standard InChI is InChI=1S/C10H14N4/c11-10(12)14-6-2-4-9(14)8-3-1-5-13-7-8/h1,3,5,7,9H,2,4,6H2,(H3,11,12). The summed E-state index contributed by atoms with van der Waals surface area (Å²) >= 11 is 0. The fourth-order valence-corrected chi connectivity index (χ4v) is 1.97. The number of nitrogens with one attached hydrogen (secondary N) is 1. The van der Waals surface area contributed by atoms with Crippen molar-refractivity contribution in [3.8, 4) is 0 Å². The lowest BCUT2D eigenvalue weighted by Gasteiger charge is -2.24. The Hall–Kier alpha value is -1.58. The van der Waals surface area contributed by atoms with E-state index in [1.807, 2.05) is 23.2 Å². The Morgan fingerprint density at radius 2 is 2.50 bits per heavy atom. The number of pyridine rings is 1. The van der Waals surface area contributed by atoms with E-state index in [2.05, 4.69) is 4.98 Å². The molecule has 1 fully saturated rings. The lowest BCUT2D eigenvalue weighted by Crippen LogP contribution is -2.35. The summed E-state index contributed by atoms with van der Waals surface area (Å²) in [6, 6.07) is 4.21. The zero-order chi connectivity index (χ0) is 9.97. The first kappa shape index (κ1) is 8.99. The van der Waals surface area contributed by atoms with Gasteiger partial charge in [-0.2, -0.15) is 0 Å². The van der Waals surface area contributed by atoms with Crippen LogP contribution in [0.2, 0.25) is 0 Å². The molecule has 2 heterocycles. The van der Waals surface area contributed by atoms with Gasteiger partial charge in [0.25, 0.3) is 0 Å². The smallest absolute Gasteiger partial charge is 0.188 e. The van der Waals surface area contributed by atoms with E-state index in [1.165, 1.54) is 0 Å². The van der Waals surface area contributed by atoms with Crippen LogP contribution in [0.1, 0.15) is 24.4 Å². The Bertz CT molecular complexity index is 322. The van der Waals surface area contributed by atoms with Crippen LogP contribution in [0.25, 0.3) is 0 Å². The molecular weight excluding hydrogens is 176 g/mol. The molecule has 4 heteroatoms. The summed E-state index contributed by atoms with van der Waals surface area (Å²) in [7, 11) is 0. The molecule has 0 aromatic carbocycles. The number of rotatable bonds is 1. The number of likely N-dealkylation sites (tertiary alicyclic amines) is 1. The Morgan fingerprint density at radius 3 is 3.14 bits per heavy atom. The lowest BCUT2D eigenvalue weighted by molar-refractivity contribution is 0.393. The Balaban J connectivity index is 2.22. The highest BCUT2D eigenvalue weighted by molar-refractivity contribution is 5.75. The van der Waals surface area contributed by atoms with E-state index in [0.29, 0.717) is 0 Å². The maximum absolute atomic E-state index is 7.45. The van der Waals surface area contributed by atoms with Crippen molar-refractivity contribution in [1.82, 2.24) is 9.88 Å². The van der Waals surface area contributed by atoms with Gasteiger partial charge in [-0.15, -0.1) is 0 Å². The summed E-state index contributed by atoms with van der Waals surface area (Å²) in [5.41, 5.74) is 6.67. The van der Waals surface area contributed by atoms with Crippen molar-refractivity contribution in [1.29, 1.82) is 5.41 Å². The first-order chi connectivity index (χ1) is 6.79. The molecule has 2 rings (SSSR count). The molecule has 0 saturated carbocycles. The van der Waals surface area contributed by atoms with E-state index < -0.39 is 0 Å². The topological polar surface area (TPSA) is 66.0 Å². The van der Waals surface area contributed by atoms with Crippen LogP contribution in [0.3, 0.4) is 0 Å². The summed E-state index contributed by atoms with van der Waals surface area (Å²) in [5.74, 6) is 0.163. The molecule has 0 radical (unpaired) electrons. The van der Waals surface area contributed by atoms with Gasteiger partial charge in [-0.05, 0) is 24.5 Å². The molecule has 1 aromatic rings. The quantitative estimate of drug-likeness (QED) is 0.515. The molecule has 0 amide bonds. The molecule has 14 heavy (non-hydrogen) atoms. The maximum Gasteiger partial charge on any atom is 0.188 e. The van der Waals surface area contributed by atoms with Crippen LogP contribution in [0.5, 0.6) is 0 Å². The van der Waals surface area contributed by atoms with Crippen molar-refractivity contribution >= 4 is 5.96 Å². The predicted octanol–water partition coefficient (Wildman–Crippen LogP) is 1.11. The number of aromatic nitrogens is 1. The molecule has 0 bridgehead atoms. The molecule has 4 nitrogen and oxygen atoms in total. The fraction of sp³-hybridized carbons (Fsp3) is 0.400. The number of nitrogens with two attached hydrogens (primary N) is 1. The summed E-state index contributed by atoms with van der Waals surface area (Å²) in [5, 5.41) is 7.45. The van der Waals surface area contributed by atoms with Crippen LogP contribution in [0.15, 0.2) is 24.5 Å². The third kappa shape index (κ3) is 1.55. The second-order valence-corrected chi connectivity index (χ2v) is 3.52. The molecule has 1 aliphatic heterocycles. The zero-order valence-electron chi connectivity index (χ0n) is 7.98. The normalized spacial score (nSPS) is 21.1. The van der Waals surface area contributed by atoms with Crippen molar-refractivity contribution in [3.63, 3.8) is 0 Å². The monoisotopic (exact) mass is 190 g/mol. The van der Waals surface area contributed by atoms with E-state index in [0.717, 1.165) is 24.9 Å². The predicted molar refractivity (Wildman–Crippen MR) is 54.8 cm³/mol. The Labute approximate surface area is 83.3 Å². The van der Waals surface area contributed by atoms with Crippen LogP contribution in [-0.2, 0) is 0 Å². The van der Waals surface area contributed by atoms with Crippen LogP contribution >= 0.6 is 0 Å². The van der Waals surface area contributed by atoms with Gasteiger partial charge in [-0.1, -0.05) is 6.07 Å². The molecule has 74 valence electrons. The molecule has 1 atom stereocenters. The Kier molecular flexibility index (Phi) is 2.35. The largest absolute Gasteiger partial charge is 0.370 e. The van der Waals surface area contributed by atoms with Crippen molar-refractivity contribution < 1.29 is 0 Å². The molecular formula is C10H14N4. The molecule has 0 aliphatic carbocycles. The van der Waals surface area contributed by atoms with Crippen LogP contribution in [0.4, 0.5) is 0 Å². The average molecular weight is 190 g/mol. The molecule has 1 unspecified atom stereocenters. The van der Waals surface area contributed by atoms with Crippen LogP contribution in [0, 0.1) is 5.41 Å². The second kappa shape index (κ2) is 3.65. The molecule has 1 aliphatic rings. The lowest BCUT2D eigenvalue weighted by atomic mass is 10.1. The minimum Gasteiger partial charge on any atom is -0.370 e. The highest BCUT2D eigenvalue weighted by Crippen LogP contribution is 2.30. The average Bonchev–Trinajstić information content (AvgIpc) is 2.67. The minimum atomic E-state index is 0.163. The van der Waals surface area contributed by atoms with Gasteiger partial charge < -0.3 is 10.6 Å². The molecule has 1 aromatic heterocycles. The summed E-state index contributed by atoms with van der Waals surface area (Å²) in [6.07, 6.45) is 5.77. The van der Waals surface area contributed by atoms with E-state index in [-0.39, 0.29) is 12.0 Å². The second-order valence-electron chi connectivity index (χ2n) is 3.52. The summed E-state index contributed by atoms with van der Waals surface area (Å²) < 4.78 is 0. The van der Waals surface area contributed by atoms with Gasteiger partial charge in [0, 0.05) is 18.9 Å². The number of hydrogen-bond acceptors (Lipinski definition) is 2. The van der Waals surface area contributed by atoms with Gasteiger partial charge in [0.2, 0.25) is 0 Å². The van der Waals surface area contributed by atoms with Crippen molar-refractivity contribution in [2.75, 3.05) is 6.54 Å². The molecule has 1 saturated heterocycles. The summed E-state index contributed by atoms with van der Waals surface area (Å²) in [6.45, 7) is 0.884. The third-order valence-electron chi connectivity index (χ3n) is 2.63. The van der Waals surface area contributed by atoms with Gasteiger partial charge in [0.1, 0.15) is 0 Å².